The highest BCUT2D eigenvalue weighted by molar-refractivity contribution is 14.1. The van der Waals surface area contributed by atoms with E-state index in [2.05, 4.69) is 37.5 Å². The maximum Gasteiger partial charge on any atom is 0.123 e. The first-order valence-corrected chi connectivity index (χ1v) is 4.36. The van der Waals surface area contributed by atoms with Gasteiger partial charge in [-0.15, -0.1) is 12.4 Å². The summed E-state index contributed by atoms with van der Waals surface area (Å²) in [5.74, 6) is 0. The van der Waals surface area contributed by atoms with Gasteiger partial charge >= 0.3 is 0 Å². The molecule has 0 bridgehead atoms. The molecule has 0 saturated heterocycles. The Hall–Kier alpha value is 0.190. The van der Waals surface area contributed by atoms with Gasteiger partial charge in [-0.25, -0.2) is 4.98 Å². The molecule has 0 atom stereocenters. The summed E-state index contributed by atoms with van der Waals surface area (Å²) in [7, 11) is 0. The molecule has 0 amide bonds. The van der Waals surface area contributed by atoms with Crippen molar-refractivity contribution in [2.45, 2.75) is 13.1 Å². The SMILES string of the molecule is Cl.Ic1ncn2c1CNCC2. The van der Waals surface area contributed by atoms with Crippen LogP contribution < -0.4 is 5.32 Å². The second kappa shape index (κ2) is 3.73. The first kappa shape index (κ1) is 9.28. The molecule has 0 saturated carbocycles. The Morgan fingerprint density at radius 1 is 1.64 bits per heavy atom. The van der Waals surface area contributed by atoms with Gasteiger partial charge in [0.05, 0.1) is 12.0 Å². The van der Waals surface area contributed by atoms with Crippen molar-refractivity contribution in [1.82, 2.24) is 14.9 Å². The highest BCUT2D eigenvalue weighted by atomic mass is 127. The van der Waals surface area contributed by atoms with Gasteiger partial charge in [-0.1, -0.05) is 0 Å². The van der Waals surface area contributed by atoms with E-state index in [4.69, 9.17) is 0 Å². The van der Waals surface area contributed by atoms with Crippen LogP contribution in [0.3, 0.4) is 0 Å². The summed E-state index contributed by atoms with van der Waals surface area (Å²) in [6.07, 6.45) is 1.91. The van der Waals surface area contributed by atoms with Gasteiger partial charge in [0.15, 0.2) is 0 Å². The van der Waals surface area contributed by atoms with Gasteiger partial charge in [-0.05, 0) is 22.6 Å². The molecule has 11 heavy (non-hydrogen) atoms. The van der Waals surface area contributed by atoms with Crippen LogP contribution in [0.25, 0.3) is 0 Å². The molecule has 0 radical (unpaired) electrons. The predicted octanol–water partition coefficient (Wildman–Crippen LogP) is 1.01. The van der Waals surface area contributed by atoms with Crippen LogP contribution in [0.4, 0.5) is 0 Å². The molecule has 0 spiro atoms. The number of rotatable bonds is 0. The fraction of sp³-hybridized carbons (Fsp3) is 0.500. The molecule has 0 aliphatic carbocycles. The number of fused-ring (bicyclic) bond motifs is 1. The lowest BCUT2D eigenvalue weighted by Gasteiger charge is -2.15. The number of hydrogen-bond acceptors (Lipinski definition) is 2. The topological polar surface area (TPSA) is 29.9 Å². The maximum absolute atomic E-state index is 4.21. The highest BCUT2D eigenvalue weighted by Gasteiger charge is 2.10. The summed E-state index contributed by atoms with van der Waals surface area (Å²) >= 11 is 2.27. The Kier molecular flexibility index (Phi) is 3.15. The zero-order chi connectivity index (χ0) is 6.97. The van der Waals surface area contributed by atoms with Crippen molar-refractivity contribution in [2.75, 3.05) is 6.54 Å². The van der Waals surface area contributed by atoms with Crippen molar-refractivity contribution in [3.8, 4) is 0 Å². The number of imidazole rings is 1. The van der Waals surface area contributed by atoms with Crippen molar-refractivity contribution >= 4 is 35.0 Å². The summed E-state index contributed by atoms with van der Waals surface area (Å²) in [4.78, 5) is 4.21. The van der Waals surface area contributed by atoms with Gasteiger partial charge < -0.3 is 9.88 Å². The minimum Gasteiger partial charge on any atom is -0.331 e. The Labute approximate surface area is 85.1 Å². The quantitative estimate of drug-likeness (QED) is 0.721. The third kappa shape index (κ3) is 1.68. The Balaban J connectivity index is 0.000000605. The molecule has 62 valence electrons. The molecule has 3 nitrogen and oxygen atoms in total. The van der Waals surface area contributed by atoms with E-state index >= 15 is 0 Å². The second-order valence-corrected chi connectivity index (χ2v) is 3.37. The first-order valence-electron chi connectivity index (χ1n) is 3.28. The summed E-state index contributed by atoms with van der Waals surface area (Å²) < 4.78 is 3.34. The fourth-order valence-corrected chi connectivity index (χ4v) is 1.78. The minimum absolute atomic E-state index is 0. The van der Waals surface area contributed by atoms with E-state index in [0.29, 0.717) is 0 Å². The van der Waals surface area contributed by atoms with Crippen molar-refractivity contribution < 1.29 is 0 Å². The monoisotopic (exact) mass is 285 g/mol. The van der Waals surface area contributed by atoms with E-state index in [1.54, 1.807) is 0 Å². The molecule has 0 fully saturated rings. The summed E-state index contributed by atoms with van der Waals surface area (Å²) in [6.45, 7) is 3.10. The number of nitrogens with one attached hydrogen (secondary N) is 1. The van der Waals surface area contributed by atoms with Gasteiger partial charge in [0, 0.05) is 19.6 Å². The second-order valence-electron chi connectivity index (χ2n) is 2.35. The summed E-state index contributed by atoms with van der Waals surface area (Å²) in [5.41, 5.74) is 1.33. The van der Waals surface area contributed by atoms with E-state index in [1.165, 1.54) is 5.69 Å². The van der Waals surface area contributed by atoms with Crippen molar-refractivity contribution in [2.24, 2.45) is 0 Å². The molecular formula is C6H9ClIN3. The average molecular weight is 286 g/mol. The van der Waals surface area contributed by atoms with Crippen molar-refractivity contribution in [1.29, 1.82) is 0 Å². The lowest BCUT2D eigenvalue weighted by molar-refractivity contribution is 0.514. The molecule has 5 heteroatoms. The molecule has 2 rings (SSSR count). The lowest BCUT2D eigenvalue weighted by Crippen LogP contribution is -2.27. The standard InChI is InChI=1S/C6H8IN3.ClH/c7-6-5-3-8-1-2-10(5)4-9-6;/h4,8H,1-3H2;1H. The molecule has 1 aromatic heterocycles. The highest BCUT2D eigenvalue weighted by Crippen LogP contribution is 2.11. The van der Waals surface area contributed by atoms with Crippen molar-refractivity contribution in [3.63, 3.8) is 0 Å². The lowest BCUT2D eigenvalue weighted by atomic mass is 10.4. The predicted molar refractivity (Wildman–Crippen MR) is 53.9 cm³/mol. The maximum atomic E-state index is 4.21. The molecule has 1 aliphatic rings. The first-order chi connectivity index (χ1) is 4.88. The zero-order valence-corrected chi connectivity index (χ0v) is 8.85. The Morgan fingerprint density at radius 2 is 2.45 bits per heavy atom. The Bertz CT molecular complexity index is 248. The minimum atomic E-state index is 0. The smallest absolute Gasteiger partial charge is 0.123 e. The largest absolute Gasteiger partial charge is 0.331 e. The number of aromatic nitrogens is 2. The number of nitrogens with zero attached hydrogens (tertiary/aromatic N) is 2. The zero-order valence-electron chi connectivity index (χ0n) is 5.88. The molecule has 2 heterocycles. The van der Waals surface area contributed by atoms with Crippen LogP contribution in [0.2, 0.25) is 0 Å². The third-order valence-corrected chi connectivity index (χ3v) is 2.62. The molecule has 1 aromatic rings. The number of halogens is 2. The Morgan fingerprint density at radius 3 is 3.18 bits per heavy atom. The van der Waals surface area contributed by atoms with Crippen LogP contribution in [0.15, 0.2) is 6.33 Å². The van der Waals surface area contributed by atoms with Crippen LogP contribution in [0, 0.1) is 3.70 Å². The van der Waals surface area contributed by atoms with Crippen LogP contribution in [-0.2, 0) is 13.1 Å². The average Bonchev–Trinajstić information content (AvgIpc) is 2.34. The summed E-state index contributed by atoms with van der Waals surface area (Å²) in [5, 5.41) is 3.30. The van der Waals surface area contributed by atoms with Gasteiger partial charge in [0.1, 0.15) is 3.70 Å². The van der Waals surface area contributed by atoms with E-state index in [9.17, 15) is 0 Å². The summed E-state index contributed by atoms with van der Waals surface area (Å²) in [6, 6.07) is 0. The van der Waals surface area contributed by atoms with Crippen LogP contribution in [-0.4, -0.2) is 16.1 Å². The third-order valence-electron chi connectivity index (χ3n) is 1.72. The van der Waals surface area contributed by atoms with Crippen molar-refractivity contribution in [3.05, 3.63) is 15.7 Å². The normalized spacial score (nSPS) is 15.4. The van der Waals surface area contributed by atoms with E-state index < -0.39 is 0 Å². The molecule has 0 unspecified atom stereocenters. The van der Waals surface area contributed by atoms with E-state index in [0.717, 1.165) is 23.3 Å². The van der Waals surface area contributed by atoms with Crippen LogP contribution >= 0.6 is 35.0 Å². The fourth-order valence-electron chi connectivity index (χ4n) is 1.16. The van der Waals surface area contributed by atoms with Crippen LogP contribution in [0.1, 0.15) is 5.69 Å². The van der Waals surface area contributed by atoms with Gasteiger partial charge in [-0.2, -0.15) is 0 Å². The van der Waals surface area contributed by atoms with Crippen LogP contribution in [0.5, 0.6) is 0 Å². The number of hydrogen-bond donors (Lipinski definition) is 1. The molecule has 1 aliphatic heterocycles. The van der Waals surface area contributed by atoms with Gasteiger partial charge in [0.2, 0.25) is 0 Å². The van der Waals surface area contributed by atoms with Gasteiger partial charge in [-0.3, -0.25) is 0 Å². The molecular weight excluding hydrogens is 276 g/mol. The van der Waals surface area contributed by atoms with E-state index in [-0.39, 0.29) is 12.4 Å². The van der Waals surface area contributed by atoms with Gasteiger partial charge in [0.25, 0.3) is 0 Å². The molecule has 0 aromatic carbocycles. The van der Waals surface area contributed by atoms with E-state index in [1.807, 2.05) is 6.33 Å². The molecule has 1 N–H and O–H groups in total.